The largest absolute Gasteiger partial charge is 0.494 e. The molecular weight excluding hydrogens is 348 g/mol. The van der Waals surface area contributed by atoms with Gasteiger partial charge in [-0.05, 0) is 43.3 Å². The molecule has 0 radical (unpaired) electrons. The molecule has 5 nitrogen and oxygen atoms in total. The zero-order chi connectivity index (χ0) is 18.5. The first kappa shape index (κ1) is 18.3. The number of carbonyl (C=O) groups is 2. The van der Waals surface area contributed by atoms with Gasteiger partial charge in [-0.15, -0.1) is 11.8 Å². The van der Waals surface area contributed by atoms with E-state index in [-0.39, 0.29) is 23.6 Å². The van der Waals surface area contributed by atoms with Gasteiger partial charge in [0.25, 0.3) is 0 Å². The van der Waals surface area contributed by atoms with Crippen LogP contribution in [-0.2, 0) is 9.59 Å². The van der Waals surface area contributed by atoms with Gasteiger partial charge in [0.1, 0.15) is 12.3 Å². The first-order valence-electron chi connectivity index (χ1n) is 8.65. The Hall–Kier alpha value is -2.47. The lowest BCUT2D eigenvalue weighted by molar-refractivity contribution is -0.121. The van der Waals surface area contributed by atoms with Gasteiger partial charge in [-0.3, -0.25) is 9.59 Å². The maximum absolute atomic E-state index is 12.6. The predicted octanol–water partition coefficient (Wildman–Crippen LogP) is 3.94. The number of anilines is 2. The van der Waals surface area contributed by atoms with Crippen LogP contribution in [0.3, 0.4) is 0 Å². The van der Waals surface area contributed by atoms with Crippen LogP contribution in [0, 0.1) is 0 Å². The number of benzene rings is 2. The van der Waals surface area contributed by atoms with Crippen molar-refractivity contribution in [1.82, 2.24) is 0 Å². The quantitative estimate of drug-likeness (QED) is 0.866. The minimum absolute atomic E-state index is 0.00363. The van der Waals surface area contributed by atoms with Crippen LogP contribution < -0.4 is 15.0 Å². The Labute approximate surface area is 157 Å². The van der Waals surface area contributed by atoms with Gasteiger partial charge in [-0.1, -0.05) is 19.1 Å². The third-order valence-corrected chi connectivity index (χ3v) is 5.17. The fourth-order valence-corrected chi connectivity index (χ4v) is 3.96. The Bertz CT molecular complexity index is 792. The highest BCUT2D eigenvalue weighted by molar-refractivity contribution is 8.00. The molecule has 2 amide bonds. The summed E-state index contributed by atoms with van der Waals surface area (Å²) in [6, 6.07) is 14.9. The van der Waals surface area contributed by atoms with Gasteiger partial charge in [-0.2, -0.15) is 0 Å². The second-order valence-electron chi connectivity index (χ2n) is 6.09. The van der Waals surface area contributed by atoms with Gasteiger partial charge < -0.3 is 15.0 Å². The van der Waals surface area contributed by atoms with Gasteiger partial charge in [0, 0.05) is 22.3 Å². The van der Waals surface area contributed by atoms with Crippen molar-refractivity contribution < 1.29 is 14.3 Å². The first-order chi connectivity index (χ1) is 12.6. The van der Waals surface area contributed by atoms with E-state index in [9.17, 15) is 9.59 Å². The first-order valence-corrected chi connectivity index (χ1v) is 9.53. The lowest BCUT2D eigenvalue weighted by Crippen LogP contribution is -2.38. The zero-order valence-electron chi connectivity index (χ0n) is 14.9. The molecule has 0 fully saturated rings. The van der Waals surface area contributed by atoms with Crippen molar-refractivity contribution in [1.29, 1.82) is 0 Å². The van der Waals surface area contributed by atoms with Crippen molar-refractivity contribution in [3.63, 3.8) is 0 Å². The van der Waals surface area contributed by atoms with E-state index >= 15 is 0 Å². The zero-order valence-corrected chi connectivity index (χ0v) is 15.7. The molecule has 3 rings (SSSR count). The summed E-state index contributed by atoms with van der Waals surface area (Å²) >= 11 is 1.67. The molecule has 0 saturated heterocycles. The van der Waals surface area contributed by atoms with Crippen molar-refractivity contribution in [3.8, 4) is 5.75 Å². The Morgan fingerprint density at radius 3 is 2.69 bits per heavy atom. The van der Waals surface area contributed by atoms with Crippen LogP contribution >= 0.6 is 11.8 Å². The molecule has 26 heavy (non-hydrogen) atoms. The molecule has 1 aliphatic heterocycles. The molecule has 6 heteroatoms. The number of ether oxygens (including phenoxy) is 1. The number of carbonyl (C=O) groups excluding carboxylic acids is 2. The molecular formula is C20H22N2O3S. The van der Waals surface area contributed by atoms with E-state index in [1.54, 1.807) is 28.8 Å². The van der Waals surface area contributed by atoms with Crippen LogP contribution in [0.5, 0.6) is 5.75 Å². The molecule has 0 spiro atoms. The third-order valence-electron chi connectivity index (χ3n) is 4.00. The fourth-order valence-electron chi connectivity index (χ4n) is 2.85. The highest BCUT2D eigenvalue weighted by Gasteiger charge is 2.27. The summed E-state index contributed by atoms with van der Waals surface area (Å²) in [5.41, 5.74) is 1.48. The van der Waals surface area contributed by atoms with Crippen LogP contribution in [-0.4, -0.2) is 30.2 Å². The van der Waals surface area contributed by atoms with Crippen LogP contribution in [0.25, 0.3) is 0 Å². The van der Waals surface area contributed by atoms with Gasteiger partial charge >= 0.3 is 0 Å². The molecule has 136 valence electrons. The fraction of sp³-hybridized carbons (Fsp3) is 0.300. The molecule has 0 aliphatic carbocycles. The lowest BCUT2D eigenvalue weighted by atomic mass is 10.2. The van der Waals surface area contributed by atoms with Crippen molar-refractivity contribution in [3.05, 3.63) is 48.5 Å². The number of para-hydroxylation sites is 1. The van der Waals surface area contributed by atoms with Gasteiger partial charge in [0.15, 0.2) is 0 Å². The summed E-state index contributed by atoms with van der Waals surface area (Å²) in [7, 11) is 0. The van der Waals surface area contributed by atoms with Crippen LogP contribution in [0.4, 0.5) is 11.4 Å². The maximum atomic E-state index is 12.6. The molecule has 0 bridgehead atoms. The number of amides is 2. The summed E-state index contributed by atoms with van der Waals surface area (Å²) in [5, 5.41) is 3.03. The Balaban J connectivity index is 1.72. The van der Waals surface area contributed by atoms with Crippen molar-refractivity contribution in [2.75, 3.05) is 23.4 Å². The predicted molar refractivity (Wildman–Crippen MR) is 105 cm³/mol. The van der Waals surface area contributed by atoms with Crippen molar-refractivity contribution >= 4 is 35.0 Å². The Kier molecular flexibility index (Phi) is 5.83. The summed E-state index contributed by atoms with van der Waals surface area (Å²) < 4.78 is 5.40. The van der Waals surface area contributed by atoms with Crippen LogP contribution in [0.15, 0.2) is 53.4 Å². The molecule has 2 aromatic carbocycles. The number of rotatable bonds is 5. The van der Waals surface area contributed by atoms with Crippen molar-refractivity contribution in [2.24, 2.45) is 0 Å². The number of thioether (sulfide) groups is 1. The summed E-state index contributed by atoms with van der Waals surface area (Å²) in [5.74, 6) is 0.502. The highest BCUT2D eigenvalue weighted by atomic mass is 32.2. The Morgan fingerprint density at radius 1 is 1.23 bits per heavy atom. The van der Waals surface area contributed by atoms with E-state index in [0.29, 0.717) is 18.7 Å². The smallest absolute Gasteiger partial charge is 0.244 e. The molecule has 1 N–H and O–H groups in total. The molecule has 2 aromatic rings. The molecule has 0 saturated carbocycles. The average Bonchev–Trinajstić information content (AvgIpc) is 2.73. The van der Waals surface area contributed by atoms with Crippen LogP contribution in [0.1, 0.15) is 20.3 Å². The standard InChI is InChI=1S/C20H22N2O3S/c1-3-25-16-10-8-15(9-11-16)21-19(23)13-22-17-6-4-5-7-18(17)26-14(2)12-20(22)24/h4-11,14H,3,12-13H2,1-2H3,(H,21,23)/t14-/m1/s1. The third kappa shape index (κ3) is 4.38. The number of nitrogens with zero attached hydrogens (tertiary/aromatic N) is 1. The van der Waals surface area contributed by atoms with Gasteiger partial charge in [0.05, 0.1) is 12.3 Å². The number of nitrogens with one attached hydrogen (secondary N) is 1. The maximum Gasteiger partial charge on any atom is 0.244 e. The molecule has 0 aromatic heterocycles. The lowest BCUT2D eigenvalue weighted by Gasteiger charge is -2.22. The normalized spacial score (nSPS) is 16.6. The van der Waals surface area contributed by atoms with Crippen molar-refractivity contribution in [2.45, 2.75) is 30.4 Å². The monoisotopic (exact) mass is 370 g/mol. The minimum Gasteiger partial charge on any atom is -0.494 e. The number of hydrogen-bond donors (Lipinski definition) is 1. The van der Waals surface area contributed by atoms with E-state index in [1.807, 2.05) is 50.2 Å². The van der Waals surface area contributed by atoms with E-state index < -0.39 is 0 Å². The topological polar surface area (TPSA) is 58.6 Å². The van der Waals surface area contributed by atoms with E-state index in [1.165, 1.54) is 0 Å². The molecule has 1 atom stereocenters. The SMILES string of the molecule is CCOc1ccc(NC(=O)CN2C(=O)C[C@@H](C)Sc3ccccc32)cc1. The van der Waals surface area contributed by atoms with Gasteiger partial charge in [-0.25, -0.2) is 0 Å². The second kappa shape index (κ2) is 8.27. The summed E-state index contributed by atoms with van der Waals surface area (Å²) in [6.07, 6.45) is 0.412. The van der Waals surface area contributed by atoms with Gasteiger partial charge in [0.2, 0.25) is 11.8 Å². The van der Waals surface area contributed by atoms with E-state index in [2.05, 4.69) is 5.32 Å². The molecule has 0 unspecified atom stereocenters. The minimum atomic E-state index is -0.225. The number of fused-ring (bicyclic) bond motifs is 1. The Morgan fingerprint density at radius 2 is 1.96 bits per heavy atom. The van der Waals surface area contributed by atoms with Crippen LogP contribution in [0.2, 0.25) is 0 Å². The molecule has 1 aliphatic rings. The average molecular weight is 370 g/mol. The molecule has 1 heterocycles. The summed E-state index contributed by atoms with van der Waals surface area (Å²) in [6.45, 7) is 4.54. The number of hydrogen-bond acceptors (Lipinski definition) is 4. The highest BCUT2D eigenvalue weighted by Crippen LogP contribution is 2.37. The second-order valence-corrected chi connectivity index (χ2v) is 7.57. The van der Waals surface area contributed by atoms with E-state index in [0.717, 1.165) is 16.3 Å². The van der Waals surface area contributed by atoms with E-state index in [4.69, 9.17) is 4.74 Å². The summed E-state index contributed by atoms with van der Waals surface area (Å²) in [4.78, 5) is 27.7.